The Morgan fingerprint density at radius 1 is 1.06 bits per heavy atom. The molecule has 0 saturated carbocycles. The van der Waals surface area contributed by atoms with Crippen LogP contribution in [0.2, 0.25) is 0 Å². The highest BCUT2D eigenvalue weighted by Crippen LogP contribution is 2.38. The summed E-state index contributed by atoms with van der Waals surface area (Å²) in [5.74, 6) is 1.42. The number of piperidine rings is 2. The molecule has 0 N–H and O–H groups in total. The molecule has 2 amide bonds. The van der Waals surface area contributed by atoms with Gasteiger partial charge in [-0.05, 0) is 55.2 Å². The van der Waals surface area contributed by atoms with Crippen LogP contribution in [0.25, 0.3) is 0 Å². The molecule has 32 heavy (non-hydrogen) atoms. The second kappa shape index (κ2) is 9.35. The summed E-state index contributed by atoms with van der Waals surface area (Å²) in [4.78, 5) is 30.2. The highest BCUT2D eigenvalue weighted by atomic mass is 32.2. The molecule has 3 heterocycles. The number of nitrogens with zero attached hydrogens (tertiary/aromatic N) is 3. The Morgan fingerprint density at radius 2 is 1.72 bits per heavy atom. The molecule has 0 radical (unpaired) electrons. The molecule has 0 bridgehead atoms. The van der Waals surface area contributed by atoms with Crippen molar-refractivity contribution in [2.75, 3.05) is 43.4 Å². The van der Waals surface area contributed by atoms with Crippen LogP contribution in [0.3, 0.4) is 0 Å². The van der Waals surface area contributed by atoms with Crippen molar-refractivity contribution in [2.24, 2.45) is 17.8 Å². The number of thioether (sulfide) groups is 1. The Morgan fingerprint density at radius 3 is 2.38 bits per heavy atom. The van der Waals surface area contributed by atoms with Crippen LogP contribution >= 0.6 is 11.8 Å². The van der Waals surface area contributed by atoms with Crippen LogP contribution in [0.1, 0.15) is 40.0 Å². The predicted molar refractivity (Wildman–Crippen MR) is 126 cm³/mol. The minimum absolute atomic E-state index is 0.0451. The molecule has 1 aromatic rings. The standard InChI is InChI=1S/C23H33N3O4S2/c1-16-6-8-25(9-7-16)32(29,30)19-4-5-21-20(11-19)26(23(28)15-31-21)14-22(27)24-12-17(2)10-18(3)13-24/h4-5,11,16-18H,6-10,12-15H2,1-3H3. The molecule has 176 valence electrons. The maximum absolute atomic E-state index is 13.3. The molecule has 4 rings (SSSR count). The Hall–Kier alpha value is -1.58. The van der Waals surface area contributed by atoms with Gasteiger partial charge in [0, 0.05) is 31.1 Å². The molecule has 2 atom stereocenters. The number of hydrogen-bond donors (Lipinski definition) is 0. The van der Waals surface area contributed by atoms with Crippen LogP contribution in [-0.4, -0.2) is 67.9 Å². The van der Waals surface area contributed by atoms with Crippen molar-refractivity contribution in [2.45, 2.75) is 49.8 Å². The number of benzene rings is 1. The van der Waals surface area contributed by atoms with Gasteiger partial charge in [-0.3, -0.25) is 9.59 Å². The summed E-state index contributed by atoms with van der Waals surface area (Å²) in [7, 11) is -3.63. The molecule has 3 aliphatic heterocycles. The molecule has 0 aliphatic carbocycles. The van der Waals surface area contributed by atoms with E-state index in [1.165, 1.54) is 16.7 Å². The molecule has 2 fully saturated rings. The number of likely N-dealkylation sites (tertiary alicyclic amines) is 1. The fourth-order valence-corrected chi connectivity index (χ4v) is 7.40. The Bertz CT molecular complexity index is 979. The number of sulfonamides is 1. The van der Waals surface area contributed by atoms with Crippen molar-refractivity contribution >= 4 is 39.3 Å². The Labute approximate surface area is 195 Å². The van der Waals surface area contributed by atoms with Gasteiger partial charge in [-0.25, -0.2) is 8.42 Å². The third kappa shape index (κ3) is 4.84. The zero-order chi connectivity index (χ0) is 23.0. The first kappa shape index (κ1) is 23.6. The molecule has 2 unspecified atom stereocenters. The number of anilines is 1. The molecular formula is C23H33N3O4S2. The second-order valence-electron chi connectivity index (χ2n) is 9.73. The molecule has 1 aromatic carbocycles. The summed E-state index contributed by atoms with van der Waals surface area (Å²) in [6.07, 6.45) is 2.81. The van der Waals surface area contributed by atoms with Gasteiger partial charge in [0.2, 0.25) is 21.8 Å². The maximum Gasteiger partial charge on any atom is 0.243 e. The average Bonchev–Trinajstić information content (AvgIpc) is 2.75. The third-order valence-electron chi connectivity index (χ3n) is 6.77. The SMILES string of the molecule is CC1CCN(S(=O)(=O)c2ccc3c(c2)N(CC(=O)N2CC(C)CC(C)C2)C(=O)CS3)CC1. The summed E-state index contributed by atoms with van der Waals surface area (Å²) < 4.78 is 28.0. The summed E-state index contributed by atoms with van der Waals surface area (Å²) in [5, 5.41) is 0. The van der Waals surface area contributed by atoms with E-state index in [4.69, 9.17) is 0 Å². The topological polar surface area (TPSA) is 78.0 Å². The van der Waals surface area contributed by atoms with Crippen LogP contribution < -0.4 is 4.90 Å². The van der Waals surface area contributed by atoms with Gasteiger partial charge in [0.05, 0.1) is 16.3 Å². The first-order valence-electron chi connectivity index (χ1n) is 11.5. The molecule has 9 heteroatoms. The first-order valence-corrected chi connectivity index (χ1v) is 13.9. The predicted octanol–water partition coefficient (Wildman–Crippen LogP) is 3.05. The van der Waals surface area contributed by atoms with Crippen LogP contribution in [0, 0.1) is 17.8 Å². The van der Waals surface area contributed by atoms with E-state index in [0.717, 1.165) is 24.2 Å². The molecule has 7 nitrogen and oxygen atoms in total. The van der Waals surface area contributed by atoms with Crippen molar-refractivity contribution in [1.82, 2.24) is 9.21 Å². The van der Waals surface area contributed by atoms with Gasteiger partial charge in [0.1, 0.15) is 6.54 Å². The first-order chi connectivity index (χ1) is 15.1. The lowest BCUT2D eigenvalue weighted by Crippen LogP contribution is -2.49. The number of rotatable bonds is 4. The Kier molecular flexibility index (Phi) is 6.89. The van der Waals surface area contributed by atoms with Crippen LogP contribution in [0.5, 0.6) is 0 Å². The zero-order valence-corrected chi connectivity index (χ0v) is 20.8. The lowest BCUT2D eigenvalue weighted by Gasteiger charge is -2.37. The lowest BCUT2D eigenvalue weighted by molar-refractivity contribution is -0.133. The van der Waals surface area contributed by atoms with E-state index in [0.29, 0.717) is 49.6 Å². The minimum Gasteiger partial charge on any atom is -0.341 e. The minimum atomic E-state index is -3.63. The van der Waals surface area contributed by atoms with Crippen molar-refractivity contribution in [1.29, 1.82) is 0 Å². The number of carbonyl (C=O) groups is 2. The van der Waals surface area contributed by atoms with E-state index < -0.39 is 10.0 Å². The summed E-state index contributed by atoms with van der Waals surface area (Å²) in [5.41, 5.74) is 0.532. The highest BCUT2D eigenvalue weighted by molar-refractivity contribution is 8.00. The van der Waals surface area contributed by atoms with Gasteiger partial charge >= 0.3 is 0 Å². The fourth-order valence-electron chi connectivity index (χ4n) is 4.99. The van der Waals surface area contributed by atoms with Crippen molar-refractivity contribution in [3.05, 3.63) is 18.2 Å². The van der Waals surface area contributed by atoms with Crippen LogP contribution in [-0.2, 0) is 19.6 Å². The van der Waals surface area contributed by atoms with Gasteiger partial charge in [-0.2, -0.15) is 4.31 Å². The molecular weight excluding hydrogens is 446 g/mol. The quantitative estimate of drug-likeness (QED) is 0.663. The van der Waals surface area contributed by atoms with E-state index in [9.17, 15) is 18.0 Å². The number of amides is 2. The van der Waals surface area contributed by atoms with Crippen molar-refractivity contribution in [3.63, 3.8) is 0 Å². The van der Waals surface area contributed by atoms with E-state index in [1.54, 1.807) is 22.5 Å². The normalized spacial score (nSPS) is 25.7. The smallest absolute Gasteiger partial charge is 0.243 e. The van der Waals surface area contributed by atoms with Gasteiger partial charge < -0.3 is 9.80 Å². The van der Waals surface area contributed by atoms with E-state index >= 15 is 0 Å². The lowest BCUT2D eigenvalue weighted by atomic mass is 9.92. The number of hydrogen-bond acceptors (Lipinski definition) is 5. The largest absolute Gasteiger partial charge is 0.341 e. The van der Waals surface area contributed by atoms with Gasteiger partial charge in [0.25, 0.3) is 0 Å². The van der Waals surface area contributed by atoms with Crippen molar-refractivity contribution in [3.8, 4) is 0 Å². The monoisotopic (exact) mass is 479 g/mol. The molecule has 3 aliphatic rings. The van der Waals surface area contributed by atoms with Gasteiger partial charge in [0.15, 0.2) is 0 Å². The van der Waals surface area contributed by atoms with Crippen molar-refractivity contribution < 1.29 is 18.0 Å². The average molecular weight is 480 g/mol. The molecule has 0 aromatic heterocycles. The molecule has 2 saturated heterocycles. The third-order valence-corrected chi connectivity index (χ3v) is 9.71. The van der Waals surface area contributed by atoms with E-state index in [2.05, 4.69) is 20.8 Å². The summed E-state index contributed by atoms with van der Waals surface area (Å²) >= 11 is 1.39. The van der Waals surface area contributed by atoms with Crippen LogP contribution in [0.4, 0.5) is 5.69 Å². The summed E-state index contributed by atoms with van der Waals surface area (Å²) in [6, 6.07) is 4.99. The zero-order valence-electron chi connectivity index (χ0n) is 19.1. The van der Waals surface area contributed by atoms with E-state index in [-0.39, 0.29) is 29.0 Å². The van der Waals surface area contributed by atoms with Gasteiger partial charge in [-0.15, -0.1) is 11.8 Å². The summed E-state index contributed by atoms with van der Waals surface area (Å²) in [6.45, 7) is 8.83. The maximum atomic E-state index is 13.3. The Balaban J connectivity index is 1.58. The van der Waals surface area contributed by atoms with Crippen LogP contribution in [0.15, 0.2) is 28.0 Å². The second-order valence-corrected chi connectivity index (χ2v) is 12.7. The molecule has 0 spiro atoms. The van der Waals surface area contributed by atoms with Gasteiger partial charge in [-0.1, -0.05) is 20.8 Å². The number of fused-ring (bicyclic) bond motifs is 1. The van der Waals surface area contributed by atoms with E-state index in [1.807, 2.05) is 4.90 Å². The number of carbonyl (C=O) groups excluding carboxylic acids is 2. The fraction of sp³-hybridized carbons (Fsp3) is 0.652. The highest BCUT2D eigenvalue weighted by Gasteiger charge is 2.33.